The number of amides is 2. The van der Waals surface area contributed by atoms with Crippen molar-refractivity contribution in [2.24, 2.45) is 4.99 Å². The van der Waals surface area contributed by atoms with Crippen LogP contribution in [0, 0.1) is 12.7 Å². The van der Waals surface area contributed by atoms with Crippen molar-refractivity contribution in [2.45, 2.75) is 18.6 Å². The lowest BCUT2D eigenvalue weighted by molar-refractivity contribution is -0.127. The van der Waals surface area contributed by atoms with E-state index in [0.29, 0.717) is 17.4 Å². The molecule has 1 aliphatic rings. The molecular weight excluding hydrogens is 377 g/mol. The summed E-state index contributed by atoms with van der Waals surface area (Å²) < 4.78 is 13.0. The van der Waals surface area contributed by atoms with Crippen LogP contribution in [-0.4, -0.2) is 33.7 Å². The molecular formula is C21H20FN3O2S. The van der Waals surface area contributed by atoms with Gasteiger partial charge in [0.15, 0.2) is 5.17 Å². The van der Waals surface area contributed by atoms with Crippen LogP contribution in [0.2, 0.25) is 0 Å². The number of nitrogens with zero attached hydrogens (tertiary/aromatic N) is 2. The van der Waals surface area contributed by atoms with Crippen LogP contribution in [0.3, 0.4) is 0 Å². The molecule has 2 aromatic carbocycles. The second-order valence-corrected chi connectivity index (χ2v) is 7.45. The van der Waals surface area contributed by atoms with Crippen LogP contribution in [0.5, 0.6) is 0 Å². The number of carbonyl (C=O) groups is 2. The Morgan fingerprint density at radius 1 is 1.29 bits per heavy atom. The zero-order chi connectivity index (χ0) is 20.1. The molecule has 28 heavy (non-hydrogen) atoms. The standard InChI is InChI=1S/C21H20FN3O2S/c1-3-12-25-20(27)18(13-19(26)23-16-10-8-15(22)9-11-16)28-21(25)24-17-7-5-4-6-14(17)2/h3-11,18H,1,12-13H2,2H3,(H,23,26). The van der Waals surface area contributed by atoms with Crippen LogP contribution < -0.4 is 5.32 Å². The quantitative estimate of drug-likeness (QED) is 0.740. The number of aryl methyl sites for hydroxylation is 1. The summed E-state index contributed by atoms with van der Waals surface area (Å²) in [6.07, 6.45) is 1.63. The monoisotopic (exact) mass is 397 g/mol. The Balaban J connectivity index is 1.74. The number of hydrogen-bond acceptors (Lipinski definition) is 4. The lowest BCUT2D eigenvalue weighted by Gasteiger charge is -2.14. The Kier molecular flexibility index (Phi) is 6.26. The molecule has 2 amide bonds. The van der Waals surface area contributed by atoms with Gasteiger partial charge in [0.25, 0.3) is 0 Å². The number of halogens is 1. The van der Waals surface area contributed by atoms with E-state index in [4.69, 9.17) is 0 Å². The summed E-state index contributed by atoms with van der Waals surface area (Å²) in [6, 6.07) is 13.1. The largest absolute Gasteiger partial charge is 0.326 e. The van der Waals surface area contributed by atoms with E-state index in [1.54, 1.807) is 11.0 Å². The van der Waals surface area contributed by atoms with E-state index in [-0.39, 0.29) is 24.1 Å². The van der Waals surface area contributed by atoms with E-state index >= 15 is 0 Å². The van der Waals surface area contributed by atoms with Gasteiger partial charge in [0.2, 0.25) is 11.8 Å². The summed E-state index contributed by atoms with van der Waals surface area (Å²) in [4.78, 5) is 31.3. The van der Waals surface area contributed by atoms with Gasteiger partial charge in [-0.2, -0.15) is 0 Å². The molecule has 3 rings (SSSR count). The Labute approximate surface area is 167 Å². The van der Waals surface area contributed by atoms with Gasteiger partial charge in [-0.3, -0.25) is 14.5 Å². The van der Waals surface area contributed by atoms with Gasteiger partial charge >= 0.3 is 0 Å². The van der Waals surface area contributed by atoms with Crippen molar-refractivity contribution in [3.8, 4) is 0 Å². The molecule has 1 saturated heterocycles. The minimum absolute atomic E-state index is 0.00130. The van der Waals surface area contributed by atoms with Crippen molar-refractivity contribution in [3.05, 3.63) is 72.6 Å². The summed E-state index contributed by atoms with van der Waals surface area (Å²) in [5.74, 6) is -0.865. The van der Waals surface area contributed by atoms with Crippen LogP contribution in [0.4, 0.5) is 15.8 Å². The normalized spacial score (nSPS) is 17.8. The molecule has 2 aromatic rings. The first-order valence-electron chi connectivity index (χ1n) is 8.76. The lowest BCUT2D eigenvalue weighted by atomic mass is 10.2. The maximum Gasteiger partial charge on any atom is 0.242 e. The molecule has 1 N–H and O–H groups in total. The molecule has 1 atom stereocenters. The molecule has 1 aliphatic heterocycles. The minimum atomic E-state index is -0.567. The summed E-state index contributed by atoms with van der Waals surface area (Å²) in [7, 11) is 0. The molecule has 7 heteroatoms. The molecule has 0 bridgehead atoms. The number of anilines is 1. The van der Waals surface area contributed by atoms with E-state index in [1.807, 2.05) is 31.2 Å². The van der Waals surface area contributed by atoms with Crippen LogP contribution in [0.1, 0.15) is 12.0 Å². The third-order valence-corrected chi connectivity index (χ3v) is 5.34. The first kappa shape index (κ1) is 19.8. The number of para-hydroxylation sites is 1. The van der Waals surface area contributed by atoms with Gasteiger partial charge in [-0.1, -0.05) is 36.0 Å². The third-order valence-electron chi connectivity index (χ3n) is 4.16. The maximum atomic E-state index is 13.0. The van der Waals surface area contributed by atoms with Crippen molar-refractivity contribution >= 4 is 40.1 Å². The summed E-state index contributed by atoms with van der Waals surface area (Å²) in [6.45, 7) is 5.98. The number of rotatable bonds is 6. The van der Waals surface area contributed by atoms with E-state index in [9.17, 15) is 14.0 Å². The highest BCUT2D eigenvalue weighted by Crippen LogP contribution is 2.32. The number of nitrogens with one attached hydrogen (secondary N) is 1. The minimum Gasteiger partial charge on any atom is -0.326 e. The highest BCUT2D eigenvalue weighted by molar-refractivity contribution is 8.15. The molecule has 0 spiro atoms. The molecule has 144 valence electrons. The van der Waals surface area contributed by atoms with Crippen LogP contribution in [0.15, 0.2) is 66.2 Å². The lowest BCUT2D eigenvalue weighted by Crippen LogP contribution is -2.33. The Morgan fingerprint density at radius 2 is 2.00 bits per heavy atom. The van der Waals surface area contributed by atoms with Gasteiger partial charge in [-0.25, -0.2) is 9.38 Å². The van der Waals surface area contributed by atoms with E-state index in [2.05, 4.69) is 16.9 Å². The van der Waals surface area contributed by atoms with Crippen molar-refractivity contribution in [1.82, 2.24) is 4.90 Å². The van der Waals surface area contributed by atoms with Crippen molar-refractivity contribution in [2.75, 3.05) is 11.9 Å². The zero-order valence-electron chi connectivity index (χ0n) is 15.4. The highest BCUT2D eigenvalue weighted by atomic mass is 32.2. The SMILES string of the molecule is C=CCN1C(=O)C(CC(=O)Nc2ccc(F)cc2)SC1=Nc1ccccc1C. The molecule has 1 fully saturated rings. The fourth-order valence-electron chi connectivity index (χ4n) is 2.73. The summed E-state index contributed by atoms with van der Waals surface area (Å²) in [5.41, 5.74) is 2.26. The van der Waals surface area contributed by atoms with Crippen molar-refractivity contribution < 1.29 is 14.0 Å². The average Bonchev–Trinajstić information content (AvgIpc) is 2.94. The van der Waals surface area contributed by atoms with Crippen molar-refractivity contribution in [1.29, 1.82) is 0 Å². The van der Waals surface area contributed by atoms with E-state index < -0.39 is 5.25 Å². The number of carbonyl (C=O) groups excluding carboxylic acids is 2. The first-order chi connectivity index (χ1) is 13.5. The van der Waals surface area contributed by atoms with Gasteiger partial charge < -0.3 is 5.32 Å². The molecule has 5 nitrogen and oxygen atoms in total. The molecule has 0 saturated carbocycles. The number of thioether (sulfide) groups is 1. The van der Waals surface area contributed by atoms with Gasteiger partial charge in [-0.05, 0) is 42.8 Å². The second kappa shape index (κ2) is 8.84. The molecule has 1 heterocycles. The van der Waals surface area contributed by atoms with Gasteiger partial charge in [-0.15, -0.1) is 6.58 Å². The predicted molar refractivity (Wildman–Crippen MR) is 111 cm³/mol. The zero-order valence-corrected chi connectivity index (χ0v) is 16.2. The molecule has 0 aliphatic carbocycles. The third kappa shape index (κ3) is 4.67. The average molecular weight is 397 g/mol. The Hall–Kier alpha value is -2.93. The molecule has 1 unspecified atom stereocenters. The maximum absolute atomic E-state index is 13.0. The molecule has 0 radical (unpaired) electrons. The molecule has 0 aromatic heterocycles. The van der Waals surface area contributed by atoms with Crippen LogP contribution >= 0.6 is 11.8 Å². The Morgan fingerprint density at radius 3 is 2.68 bits per heavy atom. The van der Waals surface area contributed by atoms with Gasteiger partial charge in [0, 0.05) is 18.7 Å². The number of aliphatic imine (C=N–C) groups is 1. The fraction of sp³-hybridized carbons (Fsp3) is 0.190. The smallest absolute Gasteiger partial charge is 0.242 e. The van der Waals surface area contributed by atoms with Gasteiger partial charge in [0.1, 0.15) is 11.1 Å². The summed E-state index contributed by atoms with van der Waals surface area (Å²) in [5, 5.41) is 2.68. The highest BCUT2D eigenvalue weighted by Gasteiger charge is 2.38. The van der Waals surface area contributed by atoms with Crippen LogP contribution in [-0.2, 0) is 9.59 Å². The second-order valence-electron chi connectivity index (χ2n) is 6.28. The predicted octanol–water partition coefficient (Wildman–Crippen LogP) is 4.28. The topological polar surface area (TPSA) is 61.8 Å². The van der Waals surface area contributed by atoms with Crippen molar-refractivity contribution in [3.63, 3.8) is 0 Å². The fourth-order valence-corrected chi connectivity index (χ4v) is 3.89. The van der Waals surface area contributed by atoms with E-state index in [1.165, 1.54) is 36.0 Å². The van der Waals surface area contributed by atoms with Crippen LogP contribution in [0.25, 0.3) is 0 Å². The number of benzene rings is 2. The Bertz CT molecular complexity index is 928. The number of amidine groups is 1. The van der Waals surface area contributed by atoms with Gasteiger partial charge in [0.05, 0.1) is 5.69 Å². The van der Waals surface area contributed by atoms with E-state index in [0.717, 1.165) is 11.3 Å². The first-order valence-corrected chi connectivity index (χ1v) is 9.64. The summed E-state index contributed by atoms with van der Waals surface area (Å²) >= 11 is 1.27. The number of hydrogen-bond donors (Lipinski definition) is 1.